The van der Waals surface area contributed by atoms with Crippen LogP contribution in [0.25, 0.3) is 0 Å². The van der Waals surface area contributed by atoms with E-state index in [4.69, 9.17) is 22.1 Å². The van der Waals surface area contributed by atoms with Gasteiger partial charge >= 0.3 is 0 Å². The summed E-state index contributed by atoms with van der Waals surface area (Å²) in [6, 6.07) is 12.8. The zero-order valence-electron chi connectivity index (χ0n) is 15.3. The number of rotatable bonds is 7. The summed E-state index contributed by atoms with van der Waals surface area (Å²) in [5.74, 6) is 0.965. The van der Waals surface area contributed by atoms with Crippen LogP contribution in [-0.4, -0.2) is 32.6 Å². The lowest BCUT2D eigenvalue weighted by atomic mass is 10.1. The van der Waals surface area contributed by atoms with Gasteiger partial charge < -0.3 is 21.1 Å². The molecule has 0 spiro atoms. The van der Waals surface area contributed by atoms with E-state index in [-0.39, 0.29) is 24.0 Å². The van der Waals surface area contributed by atoms with Gasteiger partial charge in [0.25, 0.3) is 0 Å². The Morgan fingerprint density at radius 1 is 1.22 bits per heavy atom. The third kappa shape index (κ3) is 7.26. The molecule has 2 aromatic carbocycles. The van der Waals surface area contributed by atoms with Crippen molar-refractivity contribution in [1.29, 1.82) is 0 Å². The summed E-state index contributed by atoms with van der Waals surface area (Å²) in [7, 11) is 3.32. The van der Waals surface area contributed by atoms with Gasteiger partial charge in [0.15, 0.2) is 5.96 Å². The molecule has 2 aromatic rings. The van der Waals surface area contributed by atoms with Crippen LogP contribution >= 0.6 is 35.6 Å². The normalized spacial score (nSPS) is 10.7. The molecule has 0 heterocycles. The molecule has 0 fully saturated rings. The minimum Gasteiger partial charge on any atom is -0.497 e. The van der Waals surface area contributed by atoms with E-state index in [9.17, 15) is 4.79 Å². The SMILES string of the molecule is CN=C(NCCc1ccc(OC)cc1Cl)NCc1cccc(C(N)=O)c1.I. The van der Waals surface area contributed by atoms with Crippen molar-refractivity contribution in [2.75, 3.05) is 20.7 Å². The maximum absolute atomic E-state index is 11.2. The highest BCUT2D eigenvalue weighted by atomic mass is 127. The molecule has 0 bridgehead atoms. The number of methoxy groups -OCH3 is 1. The molecule has 0 aliphatic rings. The van der Waals surface area contributed by atoms with Gasteiger partial charge in [-0.05, 0) is 41.8 Å². The Balaban J connectivity index is 0.00000364. The van der Waals surface area contributed by atoms with E-state index in [0.29, 0.717) is 29.6 Å². The standard InChI is InChI=1S/C19H23ClN4O2.HI/c1-22-19(24-12-13-4-3-5-15(10-13)18(21)25)23-9-8-14-6-7-16(26-2)11-17(14)20;/h3-7,10-11H,8-9,12H2,1-2H3,(H2,21,25)(H2,22,23,24);1H. The number of benzene rings is 2. The van der Waals surface area contributed by atoms with Crippen LogP contribution in [0.1, 0.15) is 21.5 Å². The average Bonchev–Trinajstić information content (AvgIpc) is 2.65. The first-order valence-corrected chi connectivity index (χ1v) is 8.57. The number of aliphatic imine (C=N–C) groups is 1. The Morgan fingerprint density at radius 3 is 2.63 bits per heavy atom. The summed E-state index contributed by atoms with van der Waals surface area (Å²) in [6.45, 7) is 1.21. The van der Waals surface area contributed by atoms with Crippen molar-refractivity contribution in [3.63, 3.8) is 0 Å². The summed E-state index contributed by atoms with van der Waals surface area (Å²) in [4.78, 5) is 15.4. The zero-order valence-corrected chi connectivity index (χ0v) is 18.4. The molecule has 0 aliphatic heterocycles. The number of halogens is 2. The Morgan fingerprint density at radius 2 is 2.00 bits per heavy atom. The number of hydrogen-bond donors (Lipinski definition) is 3. The quantitative estimate of drug-likeness (QED) is 0.309. The second-order valence-corrected chi connectivity index (χ2v) is 6.03. The number of nitrogens with two attached hydrogens (primary N) is 1. The lowest BCUT2D eigenvalue weighted by Gasteiger charge is -2.13. The molecule has 0 unspecified atom stereocenters. The van der Waals surface area contributed by atoms with Gasteiger partial charge in [0, 0.05) is 30.7 Å². The smallest absolute Gasteiger partial charge is 0.248 e. The lowest BCUT2D eigenvalue weighted by Crippen LogP contribution is -2.37. The molecule has 0 saturated heterocycles. The van der Waals surface area contributed by atoms with E-state index in [1.165, 1.54) is 0 Å². The Bertz CT molecular complexity index is 799. The van der Waals surface area contributed by atoms with E-state index >= 15 is 0 Å². The number of guanidine groups is 1. The van der Waals surface area contributed by atoms with Crippen molar-refractivity contribution in [2.45, 2.75) is 13.0 Å². The third-order valence-electron chi connectivity index (χ3n) is 3.84. The molecular formula is C19H24ClIN4O2. The van der Waals surface area contributed by atoms with Crippen LogP contribution in [0.3, 0.4) is 0 Å². The number of ether oxygens (including phenoxy) is 1. The maximum Gasteiger partial charge on any atom is 0.248 e. The molecule has 0 saturated carbocycles. The number of carbonyl (C=O) groups is 1. The summed E-state index contributed by atoms with van der Waals surface area (Å²) >= 11 is 6.25. The number of carbonyl (C=O) groups excluding carboxylic acids is 1. The van der Waals surface area contributed by atoms with Crippen molar-refractivity contribution in [3.05, 3.63) is 64.2 Å². The van der Waals surface area contributed by atoms with Gasteiger partial charge in [-0.2, -0.15) is 0 Å². The maximum atomic E-state index is 11.2. The van der Waals surface area contributed by atoms with E-state index in [0.717, 1.165) is 23.3 Å². The van der Waals surface area contributed by atoms with Crippen molar-refractivity contribution < 1.29 is 9.53 Å². The summed E-state index contributed by atoms with van der Waals surface area (Å²) in [5, 5.41) is 7.12. The Labute approximate surface area is 181 Å². The van der Waals surface area contributed by atoms with Crippen LogP contribution in [0.15, 0.2) is 47.5 Å². The number of hydrogen-bond acceptors (Lipinski definition) is 3. The summed E-state index contributed by atoms with van der Waals surface area (Å²) < 4.78 is 5.15. The average molecular weight is 503 g/mol. The van der Waals surface area contributed by atoms with Crippen LogP contribution in [-0.2, 0) is 13.0 Å². The predicted octanol–water partition coefficient (Wildman–Crippen LogP) is 2.97. The van der Waals surface area contributed by atoms with Gasteiger partial charge in [0.05, 0.1) is 7.11 Å². The Hall–Kier alpha value is -2.00. The number of nitrogens with one attached hydrogen (secondary N) is 2. The lowest BCUT2D eigenvalue weighted by molar-refractivity contribution is 0.1000. The van der Waals surface area contributed by atoms with Crippen LogP contribution in [0, 0.1) is 0 Å². The fourth-order valence-electron chi connectivity index (χ4n) is 2.41. The van der Waals surface area contributed by atoms with Gasteiger partial charge in [0.2, 0.25) is 5.91 Å². The van der Waals surface area contributed by atoms with Gasteiger partial charge in [-0.1, -0.05) is 29.8 Å². The van der Waals surface area contributed by atoms with Crippen molar-refractivity contribution in [2.24, 2.45) is 10.7 Å². The highest BCUT2D eigenvalue weighted by Gasteiger charge is 2.05. The minimum atomic E-state index is -0.439. The van der Waals surface area contributed by atoms with Crippen molar-refractivity contribution >= 4 is 47.4 Å². The monoisotopic (exact) mass is 502 g/mol. The highest BCUT2D eigenvalue weighted by Crippen LogP contribution is 2.22. The molecule has 6 nitrogen and oxygen atoms in total. The van der Waals surface area contributed by atoms with E-state index in [2.05, 4.69) is 15.6 Å². The molecule has 0 aliphatic carbocycles. The van der Waals surface area contributed by atoms with Gasteiger partial charge in [0.1, 0.15) is 5.75 Å². The molecule has 8 heteroatoms. The van der Waals surface area contributed by atoms with Gasteiger partial charge in [-0.15, -0.1) is 24.0 Å². The molecular weight excluding hydrogens is 479 g/mol. The molecule has 146 valence electrons. The predicted molar refractivity (Wildman–Crippen MR) is 120 cm³/mol. The summed E-state index contributed by atoms with van der Waals surface area (Å²) in [6.07, 6.45) is 0.751. The first-order valence-electron chi connectivity index (χ1n) is 8.19. The number of primary amides is 1. The first-order chi connectivity index (χ1) is 12.5. The van der Waals surface area contributed by atoms with Crippen LogP contribution < -0.4 is 21.1 Å². The van der Waals surface area contributed by atoms with Crippen LogP contribution in [0.2, 0.25) is 5.02 Å². The van der Waals surface area contributed by atoms with Crippen molar-refractivity contribution in [1.82, 2.24) is 10.6 Å². The molecule has 4 N–H and O–H groups in total. The molecule has 2 rings (SSSR count). The molecule has 27 heavy (non-hydrogen) atoms. The third-order valence-corrected chi connectivity index (χ3v) is 4.19. The number of amides is 1. The van der Waals surface area contributed by atoms with E-state index < -0.39 is 5.91 Å². The highest BCUT2D eigenvalue weighted by molar-refractivity contribution is 14.0. The van der Waals surface area contributed by atoms with Crippen LogP contribution in [0.5, 0.6) is 5.75 Å². The minimum absolute atomic E-state index is 0. The largest absolute Gasteiger partial charge is 0.497 e. The number of nitrogens with zero attached hydrogens (tertiary/aromatic N) is 1. The van der Waals surface area contributed by atoms with Crippen molar-refractivity contribution in [3.8, 4) is 5.75 Å². The van der Waals surface area contributed by atoms with E-state index in [1.807, 2.05) is 18.2 Å². The van der Waals surface area contributed by atoms with E-state index in [1.54, 1.807) is 38.4 Å². The topological polar surface area (TPSA) is 88.7 Å². The second-order valence-electron chi connectivity index (χ2n) is 5.62. The molecule has 0 atom stereocenters. The molecule has 1 amide bonds. The fourth-order valence-corrected chi connectivity index (χ4v) is 2.68. The van der Waals surface area contributed by atoms with Gasteiger partial charge in [-0.25, -0.2) is 0 Å². The molecule has 0 radical (unpaired) electrons. The van der Waals surface area contributed by atoms with Crippen LogP contribution in [0.4, 0.5) is 0 Å². The zero-order chi connectivity index (χ0) is 18.9. The fraction of sp³-hybridized carbons (Fsp3) is 0.263. The Kier molecular flexibility index (Phi) is 9.95. The summed E-state index contributed by atoms with van der Waals surface area (Å²) in [5.41, 5.74) is 7.77. The second kappa shape index (κ2) is 11.7. The van der Waals surface area contributed by atoms with Gasteiger partial charge in [-0.3, -0.25) is 9.79 Å². The molecule has 0 aromatic heterocycles. The first kappa shape index (κ1) is 23.0.